The van der Waals surface area contributed by atoms with Gasteiger partial charge in [0, 0.05) is 50.2 Å². The third-order valence-corrected chi connectivity index (χ3v) is 10.0. The molecule has 0 radical (unpaired) electrons. The van der Waals surface area contributed by atoms with Crippen LogP contribution in [-0.4, -0.2) is 59.6 Å². The first kappa shape index (κ1) is 43.8. The molecule has 11 nitrogen and oxygen atoms in total. The fourth-order valence-electron chi connectivity index (χ4n) is 6.81. The average molecular weight is 739 g/mol. The largest absolute Gasteiger partial charge is 0.463 e. The number of H-pyrrole nitrogens is 1. The summed E-state index contributed by atoms with van der Waals surface area (Å²) in [6.07, 6.45) is 21.4. The zero-order valence-electron chi connectivity index (χ0n) is 32.5. The summed E-state index contributed by atoms with van der Waals surface area (Å²) < 4.78 is 12.7. The average Bonchev–Trinajstić information content (AvgIpc) is 3.16. The highest BCUT2D eigenvalue weighted by molar-refractivity contribution is 5.88. The second-order valence-electron chi connectivity index (χ2n) is 14.8. The summed E-state index contributed by atoms with van der Waals surface area (Å²) in [5, 5.41) is 6.22. The molecule has 1 aromatic carbocycles. The Morgan fingerprint density at radius 1 is 0.849 bits per heavy atom. The summed E-state index contributed by atoms with van der Waals surface area (Å²) in [5.41, 5.74) is 0.335. The molecule has 0 bridgehead atoms. The summed E-state index contributed by atoms with van der Waals surface area (Å²) in [4.78, 5) is 65.0. The molecule has 1 unspecified atom stereocenters. The van der Waals surface area contributed by atoms with E-state index in [1.54, 1.807) is 6.92 Å². The second-order valence-corrected chi connectivity index (χ2v) is 14.8. The van der Waals surface area contributed by atoms with Crippen molar-refractivity contribution in [2.75, 3.05) is 26.2 Å². The highest BCUT2D eigenvalue weighted by Gasteiger charge is 2.26. The smallest absolute Gasteiger partial charge is 0.330 e. The Bertz CT molecular complexity index is 1460. The van der Waals surface area contributed by atoms with Crippen molar-refractivity contribution in [3.05, 3.63) is 68.5 Å². The van der Waals surface area contributed by atoms with Crippen molar-refractivity contribution >= 4 is 17.7 Å². The number of benzene rings is 1. The van der Waals surface area contributed by atoms with Crippen molar-refractivity contribution in [2.24, 2.45) is 5.92 Å². The van der Waals surface area contributed by atoms with E-state index in [4.69, 9.17) is 9.47 Å². The van der Waals surface area contributed by atoms with Crippen LogP contribution in [0, 0.1) is 12.8 Å². The van der Waals surface area contributed by atoms with Crippen LogP contribution in [0.4, 0.5) is 0 Å². The van der Waals surface area contributed by atoms with E-state index < -0.39 is 35.5 Å². The minimum atomic E-state index is -0.672. The molecule has 3 rings (SSSR count). The molecule has 11 heteroatoms. The number of ketones is 1. The Hall–Kier alpha value is -3.57. The lowest BCUT2D eigenvalue weighted by atomic mass is 9.92. The predicted octanol–water partition coefficient (Wildman–Crippen LogP) is 6.85. The van der Waals surface area contributed by atoms with Gasteiger partial charge in [0.2, 0.25) is 5.91 Å². The lowest BCUT2D eigenvalue weighted by molar-refractivity contribution is -0.155. The van der Waals surface area contributed by atoms with Crippen molar-refractivity contribution in [3.8, 4) is 0 Å². The number of Topliss-reactive ketones (excluding diaryl/α,β-unsaturated/α-hetero) is 1. The third kappa shape index (κ3) is 18.3. The number of carbonyl (C=O) groups excluding carboxylic acids is 3. The second kappa shape index (κ2) is 26.2. The van der Waals surface area contributed by atoms with Gasteiger partial charge >= 0.3 is 11.7 Å². The van der Waals surface area contributed by atoms with E-state index in [1.165, 1.54) is 101 Å². The Morgan fingerprint density at radius 3 is 2.08 bits per heavy atom. The highest BCUT2D eigenvalue weighted by Crippen LogP contribution is 2.17. The Kier molecular flexibility index (Phi) is 21.7. The lowest BCUT2D eigenvalue weighted by Crippen LogP contribution is -2.48. The van der Waals surface area contributed by atoms with Gasteiger partial charge in [0.05, 0.1) is 6.42 Å². The molecule has 1 fully saturated rings. The standard InChI is InChI=1S/C42H66N4O7/c1-3-4-5-6-7-8-9-10-11-12-13-14-15-16-17-21-26-44-41(50)35(27-34-22-19-18-20-23-34)28-36(47)24-25-39(48)52-32-37-29-43-30-38(53-37)46-31-33(2)40(49)45-42(46)51/h18-20,22-23,31,35,37-38,43H,3-17,21,24-30,32H2,1-2H3,(H,44,50)(H,45,49,51)/t35?,37-,38+/m0/s1. The minimum absolute atomic E-state index is 0.0189. The molecule has 2 aromatic rings. The van der Waals surface area contributed by atoms with Crippen LogP contribution in [0.1, 0.15) is 146 Å². The molecule has 3 N–H and O–H groups in total. The zero-order chi connectivity index (χ0) is 38.1. The first-order valence-electron chi connectivity index (χ1n) is 20.4. The summed E-state index contributed by atoms with van der Waals surface area (Å²) in [6, 6.07) is 9.68. The number of aromatic nitrogens is 2. The molecule has 1 aliphatic rings. The van der Waals surface area contributed by atoms with Crippen molar-refractivity contribution < 1.29 is 23.9 Å². The van der Waals surface area contributed by atoms with Crippen molar-refractivity contribution in [1.82, 2.24) is 20.2 Å². The first-order valence-corrected chi connectivity index (χ1v) is 20.4. The number of nitrogens with one attached hydrogen (secondary N) is 3. The number of hydrogen-bond donors (Lipinski definition) is 3. The van der Waals surface area contributed by atoms with Crippen LogP contribution in [0.2, 0.25) is 0 Å². The molecular formula is C42H66N4O7. The number of nitrogens with zero attached hydrogens (tertiary/aromatic N) is 1. The monoisotopic (exact) mass is 738 g/mol. The van der Waals surface area contributed by atoms with Gasteiger partial charge in [0.25, 0.3) is 5.56 Å². The van der Waals surface area contributed by atoms with Gasteiger partial charge in [-0.05, 0) is 25.3 Å². The quantitative estimate of drug-likeness (QED) is 0.0634. The number of morpholine rings is 1. The normalized spacial score (nSPS) is 16.3. The lowest BCUT2D eigenvalue weighted by Gasteiger charge is -2.31. The molecule has 296 valence electrons. The van der Waals surface area contributed by atoms with Crippen LogP contribution in [0.15, 0.2) is 46.1 Å². The summed E-state index contributed by atoms with van der Waals surface area (Å²) >= 11 is 0. The first-order chi connectivity index (χ1) is 25.8. The van der Waals surface area contributed by atoms with Gasteiger partial charge in [0.15, 0.2) is 6.23 Å². The maximum atomic E-state index is 13.2. The van der Waals surface area contributed by atoms with Crippen molar-refractivity contribution in [1.29, 1.82) is 0 Å². The molecule has 0 spiro atoms. The van der Waals surface area contributed by atoms with E-state index in [9.17, 15) is 24.0 Å². The predicted molar refractivity (Wildman–Crippen MR) is 209 cm³/mol. The molecule has 1 aromatic heterocycles. The number of ether oxygens (including phenoxy) is 2. The zero-order valence-corrected chi connectivity index (χ0v) is 32.5. The van der Waals surface area contributed by atoms with Gasteiger partial charge in [-0.3, -0.25) is 28.7 Å². The van der Waals surface area contributed by atoms with Crippen LogP contribution in [0.25, 0.3) is 0 Å². The maximum absolute atomic E-state index is 13.2. The van der Waals surface area contributed by atoms with Gasteiger partial charge in [-0.25, -0.2) is 4.79 Å². The van der Waals surface area contributed by atoms with Gasteiger partial charge in [0.1, 0.15) is 18.5 Å². The van der Waals surface area contributed by atoms with E-state index in [-0.39, 0.29) is 37.6 Å². The number of unbranched alkanes of at least 4 members (excludes halogenated alkanes) is 15. The Labute approximate surface area is 316 Å². The summed E-state index contributed by atoms with van der Waals surface area (Å²) in [7, 11) is 0. The maximum Gasteiger partial charge on any atom is 0.330 e. The van der Waals surface area contributed by atoms with Crippen LogP contribution in [0.3, 0.4) is 0 Å². The van der Waals surface area contributed by atoms with E-state index >= 15 is 0 Å². The Morgan fingerprint density at radius 2 is 1.45 bits per heavy atom. The molecular weight excluding hydrogens is 672 g/mol. The highest BCUT2D eigenvalue weighted by atomic mass is 16.6. The minimum Gasteiger partial charge on any atom is -0.463 e. The van der Waals surface area contributed by atoms with Gasteiger partial charge in [-0.15, -0.1) is 0 Å². The molecule has 1 aliphatic heterocycles. The number of aromatic amines is 1. The van der Waals surface area contributed by atoms with Gasteiger partial charge < -0.3 is 20.1 Å². The number of aryl methyl sites for hydroxylation is 1. The molecule has 1 saturated heterocycles. The third-order valence-electron chi connectivity index (χ3n) is 10.0. The number of esters is 1. The van der Waals surface area contributed by atoms with Gasteiger partial charge in [-0.2, -0.15) is 0 Å². The molecule has 53 heavy (non-hydrogen) atoms. The number of carbonyl (C=O) groups is 3. The molecule has 0 saturated carbocycles. The van der Waals surface area contributed by atoms with E-state index in [0.717, 1.165) is 18.4 Å². The number of rotatable bonds is 28. The van der Waals surface area contributed by atoms with Gasteiger partial charge in [-0.1, -0.05) is 134 Å². The summed E-state index contributed by atoms with van der Waals surface area (Å²) in [5.74, 6) is -1.34. The van der Waals surface area contributed by atoms with E-state index in [1.807, 2.05) is 30.3 Å². The van der Waals surface area contributed by atoms with Crippen LogP contribution in [-0.2, 0) is 30.3 Å². The number of amides is 1. The summed E-state index contributed by atoms with van der Waals surface area (Å²) in [6.45, 7) is 5.17. The topological polar surface area (TPSA) is 149 Å². The fourth-order valence-corrected chi connectivity index (χ4v) is 6.81. The number of hydrogen-bond acceptors (Lipinski definition) is 8. The fraction of sp³-hybridized carbons (Fsp3) is 0.690. The Balaban J connectivity index is 1.29. The van der Waals surface area contributed by atoms with Crippen molar-refractivity contribution in [3.63, 3.8) is 0 Å². The molecule has 2 heterocycles. The van der Waals surface area contributed by atoms with E-state index in [2.05, 4.69) is 22.5 Å². The van der Waals surface area contributed by atoms with Crippen LogP contribution in [0.5, 0.6) is 0 Å². The molecule has 1 amide bonds. The van der Waals surface area contributed by atoms with Crippen LogP contribution < -0.4 is 21.9 Å². The SMILES string of the molecule is CCCCCCCCCCCCCCCCCCNC(=O)C(CC(=O)CCC(=O)OC[C@@H]1CNC[C@H](n2cc(C)c(=O)[nH]c2=O)O1)Cc1ccccc1. The van der Waals surface area contributed by atoms with E-state index in [0.29, 0.717) is 31.6 Å². The molecule has 0 aliphatic carbocycles. The molecule has 3 atom stereocenters. The van der Waals surface area contributed by atoms with Crippen molar-refractivity contribution in [2.45, 2.75) is 155 Å². The van der Waals surface area contributed by atoms with Crippen LogP contribution >= 0.6 is 0 Å².